The zero-order chi connectivity index (χ0) is 12.0. The van der Waals surface area contributed by atoms with Crippen LogP contribution in [0.3, 0.4) is 0 Å². The summed E-state index contributed by atoms with van der Waals surface area (Å²) in [6.45, 7) is 1.86. The van der Waals surface area contributed by atoms with Crippen LogP contribution >= 0.6 is 0 Å². The van der Waals surface area contributed by atoms with Crippen molar-refractivity contribution < 1.29 is 0 Å². The molecule has 0 spiro atoms. The second-order valence-electron chi connectivity index (χ2n) is 4.62. The predicted molar refractivity (Wildman–Crippen MR) is 68.9 cm³/mol. The lowest BCUT2D eigenvalue weighted by Crippen LogP contribution is -2.13. The van der Waals surface area contributed by atoms with Crippen molar-refractivity contribution in [2.45, 2.75) is 25.7 Å². The van der Waals surface area contributed by atoms with Gasteiger partial charge < -0.3 is 11.6 Å². The molecule has 1 aliphatic rings. The fourth-order valence-corrected chi connectivity index (χ4v) is 2.22. The van der Waals surface area contributed by atoms with Gasteiger partial charge in [-0.3, -0.25) is 0 Å². The number of anilines is 1. The summed E-state index contributed by atoms with van der Waals surface area (Å²) in [5, 5.41) is 0. The summed E-state index contributed by atoms with van der Waals surface area (Å²) in [7, 11) is 0. The van der Waals surface area contributed by atoms with E-state index in [9.17, 15) is 0 Å². The largest absolute Gasteiger partial charge is 0.382 e. The minimum absolute atomic E-state index is 0.538. The van der Waals surface area contributed by atoms with E-state index >= 15 is 0 Å². The molecular formula is C13H16N4. The van der Waals surface area contributed by atoms with Gasteiger partial charge in [0, 0.05) is 5.56 Å². The zero-order valence-electron chi connectivity index (χ0n) is 9.85. The van der Waals surface area contributed by atoms with E-state index in [2.05, 4.69) is 23.2 Å². The van der Waals surface area contributed by atoms with Crippen LogP contribution in [-0.4, -0.2) is 9.66 Å². The number of nitrogens with two attached hydrogens (primary N) is 2. The van der Waals surface area contributed by atoms with Gasteiger partial charge in [0.1, 0.15) is 11.5 Å². The summed E-state index contributed by atoms with van der Waals surface area (Å²) in [6.07, 6.45) is 2.53. The Kier molecular flexibility index (Phi) is 2.11. The van der Waals surface area contributed by atoms with Crippen LogP contribution < -0.4 is 11.6 Å². The summed E-state index contributed by atoms with van der Waals surface area (Å²) in [6, 6.07) is 8.33. The number of nitrogens with zero attached hydrogens (tertiary/aromatic N) is 2. The van der Waals surface area contributed by atoms with Crippen LogP contribution in [0, 0.1) is 6.92 Å². The molecular weight excluding hydrogens is 212 g/mol. The smallest absolute Gasteiger partial charge is 0.150 e. The third kappa shape index (κ3) is 1.56. The van der Waals surface area contributed by atoms with Gasteiger partial charge in [-0.25, -0.2) is 9.66 Å². The Bertz CT molecular complexity index is 567. The van der Waals surface area contributed by atoms with E-state index in [1.807, 2.05) is 13.0 Å². The van der Waals surface area contributed by atoms with E-state index < -0.39 is 0 Å². The van der Waals surface area contributed by atoms with Gasteiger partial charge >= 0.3 is 0 Å². The van der Waals surface area contributed by atoms with Crippen molar-refractivity contribution in [2.24, 2.45) is 0 Å². The van der Waals surface area contributed by atoms with Crippen LogP contribution in [0.5, 0.6) is 0 Å². The fourth-order valence-electron chi connectivity index (χ4n) is 2.22. The molecule has 88 valence electrons. The molecule has 4 heteroatoms. The summed E-state index contributed by atoms with van der Waals surface area (Å²) in [4.78, 5) is 4.46. The molecule has 0 unspecified atom stereocenters. The van der Waals surface area contributed by atoms with Gasteiger partial charge in [0.25, 0.3) is 0 Å². The molecule has 4 N–H and O–H groups in total. The van der Waals surface area contributed by atoms with Crippen LogP contribution in [0.4, 0.5) is 5.82 Å². The third-order valence-electron chi connectivity index (χ3n) is 3.36. The third-order valence-corrected chi connectivity index (χ3v) is 3.36. The maximum atomic E-state index is 6.00. The van der Waals surface area contributed by atoms with Crippen molar-refractivity contribution in [2.75, 3.05) is 11.6 Å². The number of aryl methyl sites for hydroxylation is 1. The molecule has 1 heterocycles. The molecule has 0 aliphatic heterocycles. The topological polar surface area (TPSA) is 69.9 Å². The minimum atomic E-state index is 0.538. The Morgan fingerprint density at radius 1 is 1.29 bits per heavy atom. The molecule has 4 nitrogen and oxygen atoms in total. The Hall–Kier alpha value is -1.97. The molecule has 0 saturated heterocycles. The number of imidazole rings is 1. The highest BCUT2D eigenvalue weighted by Gasteiger charge is 2.27. The number of nitrogen functional groups attached to an aromatic ring is 2. The van der Waals surface area contributed by atoms with Crippen LogP contribution in [-0.2, 0) is 0 Å². The second kappa shape index (κ2) is 3.52. The van der Waals surface area contributed by atoms with E-state index in [1.165, 1.54) is 23.1 Å². The van der Waals surface area contributed by atoms with E-state index in [1.54, 1.807) is 0 Å². The van der Waals surface area contributed by atoms with Gasteiger partial charge in [0.2, 0.25) is 0 Å². The van der Waals surface area contributed by atoms with Gasteiger partial charge in [-0.05, 0) is 31.2 Å². The van der Waals surface area contributed by atoms with Crippen molar-refractivity contribution in [1.29, 1.82) is 0 Å². The Morgan fingerprint density at radius 2 is 2.00 bits per heavy atom. The molecule has 17 heavy (non-hydrogen) atoms. The normalized spacial score (nSPS) is 15.1. The lowest BCUT2D eigenvalue weighted by atomic mass is 10.0. The molecule has 0 bridgehead atoms. The van der Waals surface area contributed by atoms with Gasteiger partial charge in [0.05, 0.1) is 0 Å². The summed E-state index contributed by atoms with van der Waals surface area (Å²) < 4.78 is 1.44. The van der Waals surface area contributed by atoms with Crippen LogP contribution in [0.1, 0.15) is 30.1 Å². The molecule has 1 aromatic heterocycles. The van der Waals surface area contributed by atoms with Crippen LogP contribution in [0.25, 0.3) is 11.3 Å². The zero-order valence-corrected chi connectivity index (χ0v) is 9.85. The van der Waals surface area contributed by atoms with Crippen molar-refractivity contribution in [1.82, 2.24) is 9.66 Å². The van der Waals surface area contributed by atoms with Crippen molar-refractivity contribution in [3.63, 3.8) is 0 Å². The number of hydrogen-bond donors (Lipinski definition) is 2. The quantitative estimate of drug-likeness (QED) is 0.773. The first-order valence-corrected chi connectivity index (χ1v) is 5.87. The summed E-state index contributed by atoms with van der Waals surface area (Å²) >= 11 is 0. The number of hydrogen-bond acceptors (Lipinski definition) is 3. The lowest BCUT2D eigenvalue weighted by molar-refractivity contribution is 0.937. The molecule has 1 fully saturated rings. The van der Waals surface area contributed by atoms with Crippen LogP contribution in [0.2, 0.25) is 0 Å². The monoisotopic (exact) mass is 228 g/mol. The van der Waals surface area contributed by atoms with E-state index in [0.717, 1.165) is 17.1 Å². The first kappa shape index (κ1) is 10.2. The predicted octanol–water partition coefficient (Wildman–Crippen LogP) is 2.03. The molecule has 1 aromatic carbocycles. The first-order valence-electron chi connectivity index (χ1n) is 5.87. The highest BCUT2D eigenvalue weighted by Crippen LogP contribution is 2.44. The molecule has 1 saturated carbocycles. The standard InChI is InChI=1S/C13H16N4/c1-8-16-12(13(14)17(8)15)11-5-3-2-4-10(11)9-6-7-9/h2-5,9H,6-7,14-15H2,1H3. The maximum absolute atomic E-state index is 6.00. The van der Waals surface area contributed by atoms with Gasteiger partial charge in [-0.2, -0.15) is 0 Å². The van der Waals surface area contributed by atoms with Gasteiger partial charge in [-0.15, -0.1) is 0 Å². The van der Waals surface area contributed by atoms with Crippen molar-refractivity contribution in [3.05, 3.63) is 35.7 Å². The van der Waals surface area contributed by atoms with Crippen molar-refractivity contribution >= 4 is 5.82 Å². The average molecular weight is 228 g/mol. The number of benzene rings is 1. The minimum Gasteiger partial charge on any atom is -0.382 e. The molecule has 2 aromatic rings. The molecule has 0 atom stereocenters. The summed E-state index contributed by atoms with van der Waals surface area (Å²) in [5.41, 5.74) is 9.28. The molecule has 3 rings (SSSR count). The Labute approximate surface area is 100 Å². The first-order chi connectivity index (χ1) is 8.18. The summed E-state index contributed by atoms with van der Waals surface area (Å²) in [5.74, 6) is 7.76. The number of rotatable bonds is 2. The number of aromatic nitrogens is 2. The molecule has 0 radical (unpaired) electrons. The molecule has 1 aliphatic carbocycles. The highest BCUT2D eigenvalue weighted by atomic mass is 15.4. The van der Waals surface area contributed by atoms with Gasteiger partial charge in [-0.1, -0.05) is 24.3 Å². The Morgan fingerprint density at radius 3 is 2.59 bits per heavy atom. The fraction of sp³-hybridized carbons (Fsp3) is 0.308. The van der Waals surface area contributed by atoms with E-state index in [0.29, 0.717) is 11.7 Å². The van der Waals surface area contributed by atoms with E-state index in [4.69, 9.17) is 11.6 Å². The van der Waals surface area contributed by atoms with E-state index in [-0.39, 0.29) is 0 Å². The Balaban J connectivity index is 2.17. The van der Waals surface area contributed by atoms with Crippen molar-refractivity contribution in [3.8, 4) is 11.3 Å². The lowest BCUT2D eigenvalue weighted by Gasteiger charge is -2.06. The SMILES string of the molecule is Cc1nc(-c2ccccc2C2CC2)c(N)n1N. The maximum Gasteiger partial charge on any atom is 0.150 e. The molecule has 0 amide bonds. The second-order valence-corrected chi connectivity index (χ2v) is 4.62. The van der Waals surface area contributed by atoms with Gasteiger partial charge in [0.15, 0.2) is 5.82 Å². The highest BCUT2D eigenvalue weighted by molar-refractivity contribution is 5.74. The average Bonchev–Trinajstić information content (AvgIpc) is 3.14. The van der Waals surface area contributed by atoms with Crippen LogP contribution in [0.15, 0.2) is 24.3 Å².